The van der Waals surface area contributed by atoms with Crippen LogP contribution in [0.3, 0.4) is 0 Å². The average Bonchev–Trinajstić information content (AvgIpc) is 3.40. The maximum absolute atomic E-state index is 13.2. The minimum atomic E-state index is -0.307. The maximum atomic E-state index is 13.2. The van der Waals surface area contributed by atoms with Crippen LogP contribution in [0.15, 0.2) is 46.2 Å². The van der Waals surface area contributed by atoms with Gasteiger partial charge >= 0.3 is 0 Å². The third-order valence-corrected chi connectivity index (χ3v) is 10.7. The van der Waals surface area contributed by atoms with Crippen molar-refractivity contribution < 1.29 is 19.2 Å². The molecule has 2 saturated heterocycles. The number of amides is 4. The molecule has 0 saturated carbocycles. The summed E-state index contributed by atoms with van der Waals surface area (Å²) >= 11 is 37.0. The summed E-state index contributed by atoms with van der Waals surface area (Å²) in [5.74, 6) is -0.928. The molecule has 0 unspecified atom stereocenters. The van der Waals surface area contributed by atoms with E-state index < -0.39 is 0 Å². The lowest BCUT2D eigenvalue weighted by Gasteiger charge is -2.14. The minimum absolute atomic E-state index is 0.156. The summed E-state index contributed by atoms with van der Waals surface area (Å²) in [4.78, 5) is 54.6. The second kappa shape index (κ2) is 17.5. The fourth-order valence-electron chi connectivity index (χ4n) is 4.62. The third kappa shape index (κ3) is 10.6. The van der Waals surface area contributed by atoms with Gasteiger partial charge in [-0.1, -0.05) is 107 Å². The largest absolute Gasteiger partial charge is 0.326 e. The molecule has 0 radical (unpaired) electrons. The Balaban J connectivity index is 1.17. The molecule has 8 nitrogen and oxygen atoms in total. The molecule has 16 heteroatoms. The lowest BCUT2D eigenvalue weighted by atomic mass is 10.1. The average molecular weight is 779 g/mol. The van der Waals surface area contributed by atoms with Gasteiger partial charge in [0.1, 0.15) is 8.64 Å². The number of thioether (sulfide) groups is 2. The van der Waals surface area contributed by atoms with E-state index in [9.17, 15) is 19.2 Å². The zero-order valence-corrected chi connectivity index (χ0v) is 30.5. The summed E-state index contributed by atoms with van der Waals surface area (Å²) < 4.78 is 0.776. The SMILES string of the molecule is O=C(CCCCCN1C(=O)/C(=C2\SC(=S)N(CCCCCC(=O)Nc3cc(Cl)cc(Cl)c3)C2=O)SC1=S)Nc1cc(Cl)cc(Cl)c1. The molecule has 0 aromatic heterocycles. The number of nitrogens with one attached hydrogen (secondary N) is 2. The predicted octanol–water partition coefficient (Wildman–Crippen LogP) is 8.93. The van der Waals surface area contributed by atoms with Crippen molar-refractivity contribution >= 4 is 138 Å². The van der Waals surface area contributed by atoms with Crippen molar-refractivity contribution in [2.24, 2.45) is 0 Å². The standard InChI is InChI=1S/C30H28Cl4N4O4S4/c31-17-11-18(32)14-21(13-17)35-23(39)7-3-1-5-9-37-27(41)25(45-29(37)43)26-28(42)38(30(44)46-26)10-6-2-4-8-24(40)36-22-15-19(33)12-20(34)16-22/h11-16H,1-10H2,(H,35,39)(H,36,40)/b26-25+. The number of nitrogens with zero attached hydrogens (tertiary/aromatic N) is 2. The van der Waals surface area contributed by atoms with Gasteiger partial charge in [-0.2, -0.15) is 0 Å². The molecule has 244 valence electrons. The van der Waals surface area contributed by atoms with Gasteiger partial charge in [0.25, 0.3) is 11.8 Å². The molecular formula is C30H28Cl4N4O4S4. The van der Waals surface area contributed by atoms with Crippen molar-refractivity contribution in [1.29, 1.82) is 0 Å². The Morgan fingerprint density at radius 3 is 1.28 bits per heavy atom. The van der Waals surface area contributed by atoms with E-state index in [0.29, 0.717) is 114 Å². The normalized spacial score (nSPS) is 16.5. The van der Waals surface area contributed by atoms with Crippen LogP contribution < -0.4 is 10.6 Å². The topological polar surface area (TPSA) is 98.8 Å². The maximum Gasteiger partial charge on any atom is 0.267 e. The molecule has 0 atom stereocenters. The van der Waals surface area contributed by atoms with Gasteiger partial charge in [0.15, 0.2) is 0 Å². The molecule has 2 aromatic carbocycles. The van der Waals surface area contributed by atoms with Crippen LogP contribution >= 0.6 is 94.4 Å². The second-order valence-corrected chi connectivity index (χ2v) is 15.4. The molecule has 2 aliphatic heterocycles. The van der Waals surface area contributed by atoms with Crippen LogP contribution in [0.1, 0.15) is 51.4 Å². The highest BCUT2D eigenvalue weighted by Gasteiger charge is 2.41. The van der Waals surface area contributed by atoms with Crippen molar-refractivity contribution in [1.82, 2.24) is 9.80 Å². The number of unbranched alkanes of at least 4 members (excludes halogenated alkanes) is 4. The summed E-state index contributed by atoms with van der Waals surface area (Å²) in [6.45, 7) is 0.774. The number of benzene rings is 2. The molecular weight excluding hydrogens is 750 g/mol. The summed E-state index contributed by atoms with van der Waals surface area (Å²) in [6, 6.07) is 9.67. The first-order valence-corrected chi connectivity index (χ1v) is 18.2. The third-order valence-electron chi connectivity index (χ3n) is 6.77. The zero-order chi connectivity index (χ0) is 33.4. The molecule has 46 heavy (non-hydrogen) atoms. The number of hydrogen-bond acceptors (Lipinski definition) is 8. The van der Waals surface area contributed by atoms with E-state index in [1.54, 1.807) is 36.4 Å². The Morgan fingerprint density at radius 1 is 0.587 bits per heavy atom. The van der Waals surface area contributed by atoms with E-state index in [1.165, 1.54) is 9.80 Å². The smallest absolute Gasteiger partial charge is 0.267 e. The lowest BCUT2D eigenvalue weighted by molar-refractivity contribution is -0.124. The van der Waals surface area contributed by atoms with Crippen molar-refractivity contribution in [2.75, 3.05) is 23.7 Å². The van der Waals surface area contributed by atoms with E-state index in [-0.39, 0.29) is 23.6 Å². The summed E-state index contributed by atoms with van der Waals surface area (Å²) in [5.41, 5.74) is 1.07. The van der Waals surface area contributed by atoms with Gasteiger partial charge in [-0.15, -0.1) is 0 Å². The number of carbonyl (C=O) groups is 4. The van der Waals surface area contributed by atoms with Crippen LogP contribution in [-0.4, -0.2) is 55.2 Å². The van der Waals surface area contributed by atoms with Crippen LogP contribution in [0.2, 0.25) is 20.1 Å². The summed E-state index contributed by atoms with van der Waals surface area (Å²) in [5, 5.41) is 7.29. The highest BCUT2D eigenvalue weighted by molar-refractivity contribution is 8.29. The quantitative estimate of drug-likeness (QED) is 0.112. The molecule has 2 aromatic rings. The lowest BCUT2D eigenvalue weighted by Crippen LogP contribution is -2.31. The summed E-state index contributed by atoms with van der Waals surface area (Å²) in [7, 11) is 0. The number of carbonyl (C=O) groups excluding carboxylic acids is 4. The molecule has 4 amide bonds. The van der Waals surface area contributed by atoms with Gasteiger partial charge in [0.2, 0.25) is 11.8 Å². The molecule has 2 fully saturated rings. The molecule has 2 heterocycles. The van der Waals surface area contributed by atoms with E-state index in [0.717, 1.165) is 23.5 Å². The Labute approximate surface area is 306 Å². The van der Waals surface area contributed by atoms with Crippen LogP contribution in [0.5, 0.6) is 0 Å². The molecule has 4 rings (SSSR count). The number of halogens is 4. The Hall–Kier alpha value is -1.90. The number of hydrogen-bond donors (Lipinski definition) is 2. The Kier molecular flexibility index (Phi) is 14.0. The first kappa shape index (κ1) is 36.9. The van der Waals surface area contributed by atoms with E-state index in [4.69, 9.17) is 70.8 Å². The first-order valence-electron chi connectivity index (χ1n) is 14.2. The monoisotopic (exact) mass is 776 g/mol. The van der Waals surface area contributed by atoms with Gasteiger partial charge in [-0.25, -0.2) is 0 Å². The Morgan fingerprint density at radius 2 is 0.935 bits per heavy atom. The Bertz CT molecular complexity index is 1450. The van der Waals surface area contributed by atoms with Crippen molar-refractivity contribution in [2.45, 2.75) is 51.4 Å². The van der Waals surface area contributed by atoms with Crippen LogP contribution in [0, 0.1) is 0 Å². The van der Waals surface area contributed by atoms with E-state index >= 15 is 0 Å². The molecule has 2 N–H and O–H groups in total. The van der Waals surface area contributed by atoms with Gasteiger partial charge < -0.3 is 10.6 Å². The molecule has 2 aliphatic rings. The minimum Gasteiger partial charge on any atom is -0.326 e. The first-order chi connectivity index (χ1) is 21.9. The fraction of sp³-hybridized carbons (Fsp3) is 0.333. The van der Waals surface area contributed by atoms with Gasteiger partial charge in [-0.05, 0) is 62.1 Å². The van der Waals surface area contributed by atoms with Crippen molar-refractivity contribution in [3.05, 3.63) is 66.3 Å². The van der Waals surface area contributed by atoms with Gasteiger partial charge in [-0.3, -0.25) is 29.0 Å². The second-order valence-electron chi connectivity index (χ2n) is 10.3. The summed E-state index contributed by atoms with van der Waals surface area (Å²) in [6.07, 6.45) is 4.53. The highest BCUT2D eigenvalue weighted by atomic mass is 35.5. The fourth-order valence-corrected chi connectivity index (χ4v) is 8.44. The predicted molar refractivity (Wildman–Crippen MR) is 198 cm³/mol. The van der Waals surface area contributed by atoms with E-state index in [2.05, 4.69) is 10.6 Å². The number of thiocarbonyl (C=S) groups is 2. The molecule has 0 spiro atoms. The number of anilines is 2. The van der Waals surface area contributed by atoms with Crippen molar-refractivity contribution in [3.8, 4) is 0 Å². The molecule has 0 aliphatic carbocycles. The van der Waals surface area contributed by atoms with Crippen LogP contribution in [-0.2, 0) is 19.2 Å². The van der Waals surface area contributed by atoms with Crippen LogP contribution in [0.4, 0.5) is 11.4 Å². The van der Waals surface area contributed by atoms with Crippen LogP contribution in [0.25, 0.3) is 0 Å². The van der Waals surface area contributed by atoms with Crippen molar-refractivity contribution in [3.63, 3.8) is 0 Å². The van der Waals surface area contributed by atoms with Gasteiger partial charge in [0.05, 0.1) is 9.81 Å². The van der Waals surface area contributed by atoms with E-state index in [1.807, 2.05) is 0 Å². The highest BCUT2D eigenvalue weighted by Crippen LogP contribution is 2.42. The van der Waals surface area contributed by atoms with Gasteiger partial charge in [0, 0.05) is 57.4 Å². The zero-order valence-electron chi connectivity index (χ0n) is 24.2. The number of rotatable bonds is 14. The molecule has 0 bridgehead atoms.